The van der Waals surface area contributed by atoms with Crippen LogP contribution in [0.3, 0.4) is 0 Å². The quantitative estimate of drug-likeness (QED) is 0.556. The van der Waals surface area contributed by atoms with Crippen molar-refractivity contribution in [3.63, 3.8) is 0 Å². The zero-order valence-electron chi connectivity index (χ0n) is 11.2. The number of rotatable bonds is 6. The second-order valence-electron chi connectivity index (χ2n) is 4.01. The van der Waals surface area contributed by atoms with Crippen LogP contribution in [0.2, 0.25) is 5.02 Å². The highest BCUT2D eigenvalue weighted by Gasteiger charge is 2.08. The molecule has 0 aliphatic heterocycles. The Morgan fingerprint density at radius 2 is 2.05 bits per heavy atom. The fourth-order valence-corrected chi connectivity index (χ4v) is 1.56. The van der Waals surface area contributed by atoms with Crippen LogP contribution < -0.4 is 21.3 Å². The van der Waals surface area contributed by atoms with E-state index in [0.29, 0.717) is 12.3 Å². The molecule has 2 rings (SSSR count). The standard InChI is InChI=1S/C12H14ClFN6O/c1-2-5-21-12-18-10(17-11(19-12)20-15)16-7-3-4-8(13)9(14)6-7/h3-4,6H,2,5,15H2,1H3,(H2,16,17,18,19,20). The van der Waals surface area contributed by atoms with Crippen molar-refractivity contribution in [1.29, 1.82) is 0 Å². The molecular formula is C12H14ClFN6O. The number of halogens is 2. The minimum absolute atomic E-state index is 0.0347. The molecule has 0 aliphatic rings. The van der Waals surface area contributed by atoms with Gasteiger partial charge in [-0.15, -0.1) is 0 Å². The molecular weight excluding hydrogens is 299 g/mol. The van der Waals surface area contributed by atoms with Crippen LogP contribution in [-0.4, -0.2) is 21.6 Å². The van der Waals surface area contributed by atoms with Crippen LogP contribution in [0.1, 0.15) is 13.3 Å². The molecule has 1 aromatic heterocycles. The Hall–Kier alpha value is -2.19. The van der Waals surface area contributed by atoms with Gasteiger partial charge in [-0.05, 0) is 24.6 Å². The number of nitrogens with two attached hydrogens (primary N) is 1. The number of nitrogens with one attached hydrogen (secondary N) is 2. The van der Waals surface area contributed by atoms with Gasteiger partial charge in [-0.1, -0.05) is 18.5 Å². The molecule has 112 valence electrons. The Morgan fingerprint density at radius 1 is 1.29 bits per heavy atom. The van der Waals surface area contributed by atoms with E-state index in [1.807, 2.05) is 6.92 Å². The van der Waals surface area contributed by atoms with Gasteiger partial charge < -0.3 is 10.1 Å². The Balaban J connectivity index is 2.23. The zero-order valence-corrected chi connectivity index (χ0v) is 12.0. The maximum Gasteiger partial charge on any atom is 0.323 e. The second-order valence-corrected chi connectivity index (χ2v) is 4.42. The Morgan fingerprint density at radius 3 is 2.71 bits per heavy atom. The first-order valence-electron chi connectivity index (χ1n) is 6.20. The molecule has 1 aromatic carbocycles. The Labute approximate surface area is 125 Å². The number of nitrogens with zero attached hydrogens (tertiary/aromatic N) is 3. The molecule has 0 unspecified atom stereocenters. The molecule has 0 atom stereocenters. The van der Waals surface area contributed by atoms with Crippen LogP contribution in [0.15, 0.2) is 18.2 Å². The summed E-state index contributed by atoms with van der Waals surface area (Å²) in [4.78, 5) is 12.0. The summed E-state index contributed by atoms with van der Waals surface area (Å²) in [6.45, 7) is 2.42. The lowest BCUT2D eigenvalue weighted by molar-refractivity contribution is 0.292. The van der Waals surface area contributed by atoms with Gasteiger partial charge in [0.2, 0.25) is 11.9 Å². The van der Waals surface area contributed by atoms with Crippen molar-refractivity contribution < 1.29 is 9.13 Å². The Kier molecular flexibility index (Phi) is 5.07. The molecule has 0 aliphatic carbocycles. The number of anilines is 3. The first-order chi connectivity index (χ1) is 10.1. The van der Waals surface area contributed by atoms with Gasteiger partial charge in [-0.2, -0.15) is 15.0 Å². The summed E-state index contributed by atoms with van der Waals surface area (Å²) in [5, 5.41) is 2.86. The Bertz CT molecular complexity index is 627. The van der Waals surface area contributed by atoms with Gasteiger partial charge in [0.15, 0.2) is 0 Å². The minimum atomic E-state index is -0.546. The number of hydrazine groups is 1. The smallest absolute Gasteiger partial charge is 0.323 e. The molecule has 7 nitrogen and oxygen atoms in total. The highest BCUT2D eigenvalue weighted by molar-refractivity contribution is 6.30. The third-order valence-corrected chi connectivity index (χ3v) is 2.66. The molecule has 0 radical (unpaired) electrons. The lowest BCUT2D eigenvalue weighted by Gasteiger charge is -2.09. The average Bonchev–Trinajstić information content (AvgIpc) is 2.48. The third-order valence-electron chi connectivity index (χ3n) is 2.36. The fourth-order valence-electron chi connectivity index (χ4n) is 1.44. The highest BCUT2D eigenvalue weighted by atomic mass is 35.5. The SMILES string of the molecule is CCCOc1nc(NN)nc(Nc2ccc(Cl)c(F)c2)n1. The average molecular weight is 313 g/mol. The molecule has 0 spiro atoms. The van der Waals surface area contributed by atoms with Crippen molar-refractivity contribution in [3.05, 3.63) is 29.0 Å². The summed E-state index contributed by atoms with van der Waals surface area (Å²) in [6.07, 6.45) is 0.808. The monoisotopic (exact) mass is 312 g/mol. The number of ether oxygens (including phenoxy) is 1. The molecule has 0 saturated carbocycles. The van der Waals surface area contributed by atoms with Crippen molar-refractivity contribution >= 4 is 29.2 Å². The van der Waals surface area contributed by atoms with Gasteiger partial charge in [-0.3, -0.25) is 5.43 Å². The summed E-state index contributed by atoms with van der Waals surface area (Å²) in [7, 11) is 0. The van der Waals surface area contributed by atoms with E-state index in [4.69, 9.17) is 22.2 Å². The van der Waals surface area contributed by atoms with Crippen LogP contribution in [0.25, 0.3) is 0 Å². The van der Waals surface area contributed by atoms with E-state index in [1.54, 1.807) is 6.07 Å². The predicted molar refractivity (Wildman–Crippen MR) is 78.1 cm³/mol. The van der Waals surface area contributed by atoms with Gasteiger partial charge in [0.25, 0.3) is 0 Å². The molecule has 0 saturated heterocycles. The maximum atomic E-state index is 13.4. The minimum Gasteiger partial charge on any atom is -0.463 e. The van der Waals surface area contributed by atoms with E-state index < -0.39 is 5.82 Å². The van der Waals surface area contributed by atoms with Gasteiger partial charge in [0.05, 0.1) is 11.6 Å². The summed E-state index contributed by atoms with van der Waals surface area (Å²) in [5.74, 6) is 5.05. The van der Waals surface area contributed by atoms with Gasteiger partial charge in [-0.25, -0.2) is 10.2 Å². The molecule has 2 aromatic rings. The molecule has 0 bridgehead atoms. The largest absolute Gasteiger partial charge is 0.463 e. The number of nitrogen functional groups attached to an aromatic ring is 1. The number of aromatic nitrogens is 3. The third kappa shape index (κ3) is 4.14. The van der Waals surface area contributed by atoms with Crippen molar-refractivity contribution in [3.8, 4) is 6.01 Å². The summed E-state index contributed by atoms with van der Waals surface area (Å²) < 4.78 is 18.7. The van der Waals surface area contributed by atoms with E-state index in [2.05, 4.69) is 25.7 Å². The van der Waals surface area contributed by atoms with Gasteiger partial charge in [0.1, 0.15) is 5.82 Å². The number of benzene rings is 1. The first-order valence-corrected chi connectivity index (χ1v) is 6.57. The molecule has 9 heteroatoms. The van der Waals surface area contributed by atoms with E-state index in [9.17, 15) is 4.39 Å². The van der Waals surface area contributed by atoms with Crippen LogP contribution in [-0.2, 0) is 0 Å². The van der Waals surface area contributed by atoms with Gasteiger partial charge >= 0.3 is 6.01 Å². The molecule has 0 fully saturated rings. The van der Waals surface area contributed by atoms with E-state index >= 15 is 0 Å². The number of hydrogen-bond acceptors (Lipinski definition) is 7. The van der Waals surface area contributed by atoms with Crippen molar-refractivity contribution in [2.75, 3.05) is 17.3 Å². The number of hydrogen-bond donors (Lipinski definition) is 3. The van der Waals surface area contributed by atoms with E-state index in [1.165, 1.54) is 12.1 Å². The van der Waals surface area contributed by atoms with Crippen LogP contribution in [0.4, 0.5) is 22.0 Å². The van der Waals surface area contributed by atoms with E-state index in [0.717, 1.165) is 6.42 Å². The second kappa shape index (κ2) is 7.00. The van der Waals surface area contributed by atoms with Gasteiger partial charge in [0, 0.05) is 5.69 Å². The van der Waals surface area contributed by atoms with E-state index in [-0.39, 0.29) is 22.9 Å². The van der Waals surface area contributed by atoms with Crippen LogP contribution in [0.5, 0.6) is 6.01 Å². The van der Waals surface area contributed by atoms with Crippen LogP contribution >= 0.6 is 11.6 Å². The van der Waals surface area contributed by atoms with Crippen molar-refractivity contribution in [1.82, 2.24) is 15.0 Å². The fraction of sp³-hybridized carbons (Fsp3) is 0.250. The van der Waals surface area contributed by atoms with Crippen molar-refractivity contribution in [2.45, 2.75) is 13.3 Å². The molecule has 4 N–H and O–H groups in total. The summed E-state index contributed by atoms with van der Waals surface area (Å²) in [5.41, 5.74) is 2.75. The summed E-state index contributed by atoms with van der Waals surface area (Å²) in [6, 6.07) is 4.37. The first kappa shape index (κ1) is 15.2. The molecule has 1 heterocycles. The molecule has 21 heavy (non-hydrogen) atoms. The normalized spacial score (nSPS) is 10.3. The maximum absolute atomic E-state index is 13.4. The zero-order chi connectivity index (χ0) is 15.2. The molecule has 0 amide bonds. The van der Waals surface area contributed by atoms with Crippen LogP contribution in [0, 0.1) is 5.82 Å². The summed E-state index contributed by atoms with van der Waals surface area (Å²) >= 11 is 5.62. The predicted octanol–water partition coefficient (Wildman–Crippen LogP) is 2.48. The topological polar surface area (TPSA) is 98.0 Å². The highest BCUT2D eigenvalue weighted by Crippen LogP contribution is 2.21. The lowest BCUT2D eigenvalue weighted by Crippen LogP contribution is -2.13. The lowest BCUT2D eigenvalue weighted by atomic mass is 10.3. The van der Waals surface area contributed by atoms with Crippen molar-refractivity contribution in [2.24, 2.45) is 5.84 Å².